The highest BCUT2D eigenvalue weighted by atomic mass is 35.5. The molecule has 0 atom stereocenters. The van der Waals surface area contributed by atoms with Gasteiger partial charge in [-0.05, 0) is 24.3 Å². The van der Waals surface area contributed by atoms with Crippen LogP contribution >= 0.6 is 11.6 Å². The van der Waals surface area contributed by atoms with Gasteiger partial charge in [0.05, 0.1) is 16.5 Å². The van der Waals surface area contributed by atoms with Crippen molar-refractivity contribution in [3.8, 4) is 6.07 Å². The normalized spacial score (nSPS) is 10.8. The van der Waals surface area contributed by atoms with Crippen molar-refractivity contribution in [3.63, 3.8) is 0 Å². The number of halogens is 1. The average Bonchev–Trinajstić information content (AvgIpc) is 2.27. The Bertz CT molecular complexity index is 529. The first-order valence-electron chi connectivity index (χ1n) is 4.29. The van der Waals surface area contributed by atoms with Crippen molar-refractivity contribution in [2.24, 2.45) is 0 Å². The molecule has 1 rings (SSSR count). The SMILES string of the molecule is C=C(Cl)CNS(=O)(=O)c1ccc(C#N)cc1. The molecule has 84 valence electrons. The quantitative estimate of drug-likeness (QED) is 0.889. The lowest BCUT2D eigenvalue weighted by Crippen LogP contribution is -2.24. The third-order valence-electron chi connectivity index (χ3n) is 1.75. The molecule has 0 unspecified atom stereocenters. The first-order valence-corrected chi connectivity index (χ1v) is 6.15. The van der Waals surface area contributed by atoms with Crippen LogP contribution in [0.3, 0.4) is 0 Å². The summed E-state index contributed by atoms with van der Waals surface area (Å²) in [6.07, 6.45) is 0. The van der Waals surface area contributed by atoms with Gasteiger partial charge in [0.25, 0.3) is 0 Å². The predicted molar refractivity (Wildman–Crippen MR) is 61.3 cm³/mol. The minimum Gasteiger partial charge on any atom is -0.207 e. The number of rotatable bonds is 4. The molecule has 0 radical (unpaired) electrons. The second-order valence-corrected chi connectivity index (χ2v) is 5.28. The first kappa shape index (κ1) is 12.7. The van der Waals surface area contributed by atoms with E-state index in [1.54, 1.807) is 0 Å². The number of sulfonamides is 1. The Kier molecular flexibility index (Phi) is 4.07. The number of benzene rings is 1. The van der Waals surface area contributed by atoms with Crippen LogP contribution in [-0.2, 0) is 10.0 Å². The van der Waals surface area contributed by atoms with Crippen LogP contribution in [0, 0.1) is 11.3 Å². The highest BCUT2D eigenvalue weighted by Crippen LogP contribution is 2.10. The van der Waals surface area contributed by atoms with Gasteiger partial charge in [-0.3, -0.25) is 0 Å². The molecule has 0 amide bonds. The third kappa shape index (κ3) is 3.35. The van der Waals surface area contributed by atoms with Crippen molar-refractivity contribution in [2.45, 2.75) is 4.90 Å². The van der Waals surface area contributed by atoms with E-state index in [9.17, 15) is 8.42 Å². The summed E-state index contributed by atoms with van der Waals surface area (Å²) in [5.41, 5.74) is 0.403. The van der Waals surface area contributed by atoms with Crippen LogP contribution in [0.5, 0.6) is 0 Å². The fourth-order valence-electron chi connectivity index (χ4n) is 0.965. The summed E-state index contributed by atoms with van der Waals surface area (Å²) in [7, 11) is -3.59. The molecule has 0 bridgehead atoms. The maximum Gasteiger partial charge on any atom is 0.240 e. The Morgan fingerprint density at radius 1 is 1.44 bits per heavy atom. The van der Waals surface area contributed by atoms with Crippen LogP contribution in [0.4, 0.5) is 0 Å². The van der Waals surface area contributed by atoms with Gasteiger partial charge >= 0.3 is 0 Å². The molecule has 0 saturated carbocycles. The fraction of sp³-hybridized carbons (Fsp3) is 0.100. The van der Waals surface area contributed by atoms with E-state index in [0.29, 0.717) is 5.56 Å². The molecule has 1 aromatic carbocycles. The molecule has 0 aromatic heterocycles. The first-order chi connectivity index (χ1) is 7.45. The van der Waals surface area contributed by atoms with Gasteiger partial charge in [0, 0.05) is 11.6 Å². The number of hydrogen-bond acceptors (Lipinski definition) is 3. The molecule has 0 aliphatic rings. The van der Waals surface area contributed by atoms with Gasteiger partial charge in [-0.2, -0.15) is 5.26 Å². The molecule has 4 nitrogen and oxygen atoms in total. The van der Waals surface area contributed by atoms with Crippen LogP contribution in [-0.4, -0.2) is 15.0 Å². The Balaban J connectivity index is 2.91. The summed E-state index contributed by atoms with van der Waals surface area (Å²) < 4.78 is 25.6. The van der Waals surface area contributed by atoms with E-state index in [0.717, 1.165) is 0 Å². The van der Waals surface area contributed by atoms with Gasteiger partial charge in [0.15, 0.2) is 0 Å². The minimum absolute atomic E-state index is 0.0239. The van der Waals surface area contributed by atoms with Crippen LogP contribution < -0.4 is 4.72 Å². The van der Waals surface area contributed by atoms with Crippen LogP contribution in [0.2, 0.25) is 0 Å². The lowest BCUT2D eigenvalue weighted by Gasteiger charge is -2.05. The van der Waals surface area contributed by atoms with Crippen molar-refractivity contribution < 1.29 is 8.42 Å². The predicted octanol–water partition coefficient (Wildman–Crippen LogP) is 1.59. The zero-order valence-electron chi connectivity index (χ0n) is 8.27. The smallest absolute Gasteiger partial charge is 0.207 e. The summed E-state index contributed by atoms with van der Waals surface area (Å²) in [4.78, 5) is 0.0874. The Hall–Kier alpha value is -1.35. The Morgan fingerprint density at radius 3 is 2.44 bits per heavy atom. The molecule has 1 N–H and O–H groups in total. The zero-order chi connectivity index (χ0) is 12.2. The highest BCUT2D eigenvalue weighted by Gasteiger charge is 2.13. The van der Waals surface area contributed by atoms with Crippen LogP contribution in [0.25, 0.3) is 0 Å². The van der Waals surface area contributed by atoms with Gasteiger partial charge in [-0.1, -0.05) is 18.2 Å². The molecule has 0 aliphatic carbocycles. The second kappa shape index (κ2) is 5.12. The Morgan fingerprint density at radius 2 is 2.00 bits per heavy atom. The molecule has 0 heterocycles. The maximum absolute atomic E-state index is 11.6. The van der Waals surface area contributed by atoms with E-state index in [1.165, 1.54) is 24.3 Å². The third-order valence-corrected chi connectivity index (χ3v) is 3.30. The average molecular weight is 257 g/mol. The van der Waals surface area contributed by atoms with E-state index >= 15 is 0 Å². The van der Waals surface area contributed by atoms with Crippen molar-refractivity contribution in [2.75, 3.05) is 6.54 Å². The standard InChI is InChI=1S/C10H9ClN2O2S/c1-8(11)7-13-16(14,15)10-4-2-9(6-12)3-5-10/h2-5,13H,1,7H2. The van der Waals surface area contributed by atoms with Gasteiger partial charge < -0.3 is 0 Å². The van der Waals surface area contributed by atoms with Crippen molar-refractivity contribution in [1.29, 1.82) is 5.26 Å². The molecule has 0 saturated heterocycles. The molecular weight excluding hydrogens is 248 g/mol. The molecule has 0 fully saturated rings. The minimum atomic E-state index is -3.59. The summed E-state index contributed by atoms with van der Waals surface area (Å²) in [5.74, 6) is 0. The van der Waals surface area contributed by atoms with E-state index < -0.39 is 10.0 Å². The Labute approximate surface area is 99.2 Å². The summed E-state index contributed by atoms with van der Waals surface area (Å²) in [6.45, 7) is 3.35. The van der Waals surface area contributed by atoms with E-state index in [2.05, 4.69) is 11.3 Å². The van der Waals surface area contributed by atoms with Gasteiger partial charge in [-0.15, -0.1) is 0 Å². The van der Waals surface area contributed by atoms with Crippen LogP contribution in [0.15, 0.2) is 40.8 Å². The zero-order valence-corrected chi connectivity index (χ0v) is 9.85. The number of nitrogens with zero attached hydrogens (tertiary/aromatic N) is 1. The number of nitrogens with one attached hydrogen (secondary N) is 1. The molecular formula is C10H9ClN2O2S. The lowest BCUT2D eigenvalue weighted by atomic mass is 10.2. The van der Waals surface area contributed by atoms with Gasteiger partial charge in [0.2, 0.25) is 10.0 Å². The molecule has 0 aliphatic heterocycles. The number of nitriles is 1. The summed E-state index contributed by atoms with van der Waals surface area (Å²) in [6, 6.07) is 7.49. The topological polar surface area (TPSA) is 70.0 Å². The van der Waals surface area contributed by atoms with Crippen LogP contribution in [0.1, 0.15) is 5.56 Å². The highest BCUT2D eigenvalue weighted by molar-refractivity contribution is 7.89. The van der Waals surface area contributed by atoms with E-state index in [4.69, 9.17) is 16.9 Å². The monoisotopic (exact) mass is 256 g/mol. The van der Waals surface area contributed by atoms with Crippen molar-refractivity contribution >= 4 is 21.6 Å². The lowest BCUT2D eigenvalue weighted by molar-refractivity contribution is 0.585. The molecule has 16 heavy (non-hydrogen) atoms. The largest absolute Gasteiger partial charge is 0.240 e. The summed E-state index contributed by atoms with van der Waals surface area (Å²) >= 11 is 5.45. The van der Waals surface area contributed by atoms with Crippen molar-refractivity contribution in [3.05, 3.63) is 41.4 Å². The molecule has 1 aromatic rings. The fourth-order valence-corrected chi connectivity index (χ4v) is 2.14. The second-order valence-electron chi connectivity index (χ2n) is 2.98. The van der Waals surface area contributed by atoms with E-state index in [1.807, 2.05) is 6.07 Å². The van der Waals surface area contributed by atoms with E-state index in [-0.39, 0.29) is 16.5 Å². The summed E-state index contributed by atoms with van der Waals surface area (Å²) in [5, 5.41) is 8.77. The van der Waals surface area contributed by atoms with Gasteiger partial charge in [-0.25, -0.2) is 13.1 Å². The maximum atomic E-state index is 11.6. The molecule has 0 spiro atoms. The molecule has 6 heteroatoms. The van der Waals surface area contributed by atoms with Gasteiger partial charge in [0.1, 0.15) is 0 Å². The van der Waals surface area contributed by atoms with Crippen molar-refractivity contribution in [1.82, 2.24) is 4.72 Å². The number of hydrogen-bond donors (Lipinski definition) is 1.